The summed E-state index contributed by atoms with van der Waals surface area (Å²) in [7, 11) is -3.26. The van der Waals surface area contributed by atoms with Gasteiger partial charge >= 0.3 is 0 Å². The Kier molecular flexibility index (Phi) is 5.56. The number of hydrogen-bond acceptors (Lipinski definition) is 6. The van der Waals surface area contributed by atoms with Crippen molar-refractivity contribution in [1.82, 2.24) is 9.97 Å². The summed E-state index contributed by atoms with van der Waals surface area (Å²) in [4.78, 5) is 11.4. The second kappa shape index (κ2) is 8.41. The molecule has 1 aliphatic heterocycles. The highest BCUT2D eigenvalue weighted by Gasteiger charge is 2.56. The fourth-order valence-corrected chi connectivity index (χ4v) is 5.26. The van der Waals surface area contributed by atoms with E-state index in [0.717, 1.165) is 42.8 Å². The average Bonchev–Trinajstić information content (AvgIpc) is 3.26. The summed E-state index contributed by atoms with van der Waals surface area (Å²) in [5.74, 6) is 2.11. The van der Waals surface area contributed by atoms with E-state index in [1.165, 1.54) is 18.2 Å². The lowest BCUT2D eigenvalue weighted by atomic mass is 10.1. The third kappa shape index (κ3) is 4.44. The fourth-order valence-electron chi connectivity index (χ4n) is 4.63. The molecule has 1 aromatic heterocycles. The zero-order valence-electron chi connectivity index (χ0n) is 18.6. The SMILES string of the molecule is CCc1cnc(N2CC3[C@@H](COc4ccc(-c5ccc(S(C)(=O)=O)cc5)cc4F)[C@@H]3C2)nc1. The second-order valence-corrected chi connectivity index (χ2v) is 10.9. The fraction of sp³-hybridized carbons (Fsp3) is 0.360. The molecule has 1 saturated heterocycles. The molecular weight excluding hydrogens is 441 g/mol. The zero-order valence-corrected chi connectivity index (χ0v) is 19.4. The summed E-state index contributed by atoms with van der Waals surface area (Å²) in [6, 6.07) is 11.3. The van der Waals surface area contributed by atoms with Crippen LogP contribution in [0.3, 0.4) is 0 Å². The van der Waals surface area contributed by atoms with E-state index in [2.05, 4.69) is 21.8 Å². The van der Waals surface area contributed by atoms with E-state index in [1.54, 1.807) is 24.3 Å². The maximum absolute atomic E-state index is 14.7. The molecular formula is C25H26FN3O3S. The largest absolute Gasteiger partial charge is 0.490 e. The van der Waals surface area contributed by atoms with Crippen molar-refractivity contribution < 1.29 is 17.5 Å². The van der Waals surface area contributed by atoms with Crippen LogP contribution in [-0.2, 0) is 16.3 Å². The molecule has 1 unspecified atom stereocenters. The Hall–Kier alpha value is -3.00. The summed E-state index contributed by atoms with van der Waals surface area (Å²) < 4.78 is 43.7. The minimum Gasteiger partial charge on any atom is -0.490 e. The number of rotatable bonds is 7. The number of aryl methyl sites for hydroxylation is 1. The Balaban J connectivity index is 1.16. The molecule has 5 rings (SSSR count). The van der Waals surface area contributed by atoms with Crippen LogP contribution in [0.25, 0.3) is 11.1 Å². The van der Waals surface area contributed by atoms with Gasteiger partial charge in [0, 0.05) is 37.7 Å². The van der Waals surface area contributed by atoms with E-state index in [1.807, 2.05) is 12.4 Å². The van der Waals surface area contributed by atoms with E-state index in [0.29, 0.717) is 29.9 Å². The van der Waals surface area contributed by atoms with Crippen LogP contribution in [-0.4, -0.2) is 44.3 Å². The van der Waals surface area contributed by atoms with Gasteiger partial charge in [-0.2, -0.15) is 0 Å². The van der Waals surface area contributed by atoms with Gasteiger partial charge in [0.2, 0.25) is 5.95 Å². The molecule has 0 amide bonds. The summed E-state index contributed by atoms with van der Waals surface area (Å²) >= 11 is 0. The summed E-state index contributed by atoms with van der Waals surface area (Å²) in [5, 5.41) is 0. The lowest BCUT2D eigenvalue weighted by Gasteiger charge is -2.20. The molecule has 8 heteroatoms. The predicted molar refractivity (Wildman–Crippen MR) is 125 cm³/mol. The first-order valence-electron chi connectivity index (χ1n) is 11.1. The number of anilines is 1. The van der Waals surface area contributed by atoms with Gasteiger partial charge in [-0.3, -0.25) is 0 Å². The molecule has 2 fully saturated rings. The zero-order chi connectivity index (χ0) is 23.2. The molecule has 3 aromatic rings. The first-order valence-corrected chi connectivity index (χ1v) is 13.0. The molecule has 172 valence electrons. The first kappa shape index (κ1) is 21.8. The number of hydrogen-bond donors (Lipinski definition) is 0. The second-order valence-electron chi connectivity index (χ2n) is 8.89. The van der Waals surface area contributed by atoms with Crippen molar-refractivity contribution >= 4 is 15.8 Å². The predicted octanol–water partition coefficient (Wildman–Crippen LogP) is 4.01. The first-order chi connectivity index (χ1) is 15.8. The van der Waals surface area contributed by atoms with Crippen LogP contribution >= 0.6 is 0 Å². The molecule has 0 bridgehead atoms. The third-order valence-corrected chi connectivity index (χ3v) is 7.86. The van der Waals surface area contributed by atoms with Crippen LogP contribution in [0, 0.1) is 23.6 Å². The monoisotopic (exact) mass is 467 g/mol. The van der Waals surface area contributed by atoms with Crippen molar-refractivity contribution in [2.24, 2.45) is 17.8 Å². The van der Waals surface area contributed by atoms with Gasteiger partial charge in [0.15, 0.2) is 21.4 Å². The van der Waals surface area contributed by atoms with Gasteiger partial charge in [-0.1, -0.05) is 25.1 Å². The number of sulfone groups is 1. The van der Waals surface area contributed by atoms with Gasteiger partial charge in [-0.25, -0.2) is 22.8 Å². The van der Waals surface area contributed by atoms with Gasteiger partial charge in [0.1, 0.15) is 0 Å². The van der Waals surface area contributed by atoms with E-state index < -0.39 is 15.7 Å². The molecule has 2 aliphatic rings. The maximum atomic E-state index is 14.7. The lowest BCUT2D eigenvalue weighted by Crippen LogP contribution is -2.27. The number of fused-ring (bicyclic) bond motifs is 1. The molecule has 0 spiro atoms. The van der Waals surface area contributed by atoms with Gasteiger partial charge in [0.05, 0.1) is 11.5 Å². The molecule has 3 atom stereocenters. The van der Waals surface area contributed by atoms with Gasteiger partial charge in [0.25, 0.3) is 0 Å². The van der Waals surface area contributed by atoms with Crippen molar-refractivity contribution in [3.63, 3.8) is 0 Å². The summed E-state index contributed by atoms with van der Waals surface area (Å²) in [6.45, 7) is 4.41. The lowest BCUT2D eigenvalue weighted by molar-refractivity contribution is 0.270. The minimum atomic E-state index is -3.26. The van der Waals surface area contributed by atoms with Crippen molar-refractivity contribution in [1.29, 1.82) is 0 Å². The Labute approximate surface area is 193 Å². The smallest absolute Gasteiger partial charge is 0.225 e. The van der Waals surface area contributed by atoms with Crippen molar-refractivity contribution in [2.45, 2.75) is 18.2 Å². The maximum Gasteiger partial charge on any atom is 0.225 e. The Morgan fingerprint density at radius 2 is 1.67 bits per heavy atom. The Morgan fingerprint density at radius 3 is 2.24 bits per heavy atom. The normalized spacial score (nSPS) is 21.7. The standard InChI is InChI=1S/C25H26FN3O3S/c1-3-16-11-27-25(28-12-16)29-13-20-21(14-29)22(20)15-32-24-9-6-18(10-23(24)26)17-4-7-19(8-5-17)33(2,30)31/h4-12,20-22H,3,13-15H2,1-2H3/t20-,21?,22+/m1/s1. The summed E-state index contributed by atoms with van der Waals surface area (Å²) in [6.07, 6.45) is 5.87. The molecule has 33 heavy (non-hydrogen) atoms. The molecule has 0 radical (unpaired) electrons. The van der Waals surface area contributed by atoms with Crippen LogP contribution in [0.15, 0.2) is 59.8 Å². The van der Waals surface area contributed by atoms with Gasteiger partial charge in [-0.15, -0.1) is 0 Å². The topological polar surface area (TPSA) is 72.4 Å². The van der Waals surface area contributed by atoms with E-state index in [-0.39, 0.29) is 10.6 Å². The summed E-state index contributed by atoms with van der Waals surface area (Å²) in [5.41, 5.74) is 2.56. The van der Waals surface area contributed by atoms with E-state index in [9.17, 15) is 12.8 Å². The Morgan fingerprint density at radius 1 is 1.03 bits per heavy atom. The number of nitrogens with zero attached hydrogens (tertiary/aromatic N) is 3. The molecule has 6 nitrogen and oxygen atoms in total. The van der Waals surface area contributed by atoms with Crippen LogP contribution in [0.1, 0.15) is 12.5 Å². The number of piperidine rings is 1. The van der Waals surface area contributed by atoms with Crippen LogP contribution in [0.2, 0.25) is 0 Å². The van der Waals surface area contributed by atoms with Gasteiger partial charge in [-0.05, 0) is 59.2 Å². The molecule has 1 aliphatic carbocycles. The Bertz CT molecular complexity index is 1250. The number of ether oxygens (including phenoxy) is 1. The van der Waals surface area contributed by atoms with Crippen molar-refractivity contribution in [3.8, 4) is 16.9 Å². The third-order valence-electron chi connectivity index (χ3n) is 6.73. The highest BCUT2D eigenvalue weighted by Crippen LogP contribution is 2.52. The molecule has 0 N–H and O–H groups in total. The number of aromatic nitrogens is 2. The highest BCUT2D eigenvalue weighted by molar-refractivity contribution is 7.90. The number of halogens is 1. The van der Waals surface area contributed by atoms with Crippen molar-refractivity contribution in [2.75, 3.05) is 30.9 Å². The molecule has 2 heterocycles. The molecule has 2 aromatic carbocycles. The quantitative estimate of drug-likeness (QED) is 0.523. The average molecular weight is 468 g/mol. The highest BCUT2D eigenvalue weighted by atomic mass is 32.2. The van der Waals surface area contributed by atoms with Crippen LogP contribution < -0.4 is 9.64 Å². The van der Waals surface area contributed by atoms with Crippen molar-refractivity contribution in [3.05, 3.63) is 66.2 Å². The number of benzene rings is 2. The van der Waals surface area contributed by atoms with Crippen LogP contribution in [0.4, 0.5) is 10.3 Å². The minimum absolute atomic E-state index is 0.241. The molecule has 1 saturated carbocycles. The van der Waals surface area contributed by atoms with Crippen LogP contribution in [0.5, 0.6) is 5.75 Å². The van der Waals surface area contributed by atoms with E-state index in [4.69, 9.17) is 4.74 Å². The van der Waals surface area contributed by atoms with E-state index >= 15 is 0 Å². The van der Waals surface area contributed by atoms with Gasteiger partial charge < -0.3 is 9.64 Å².